The van der Waals surface area contributed by atoms with E-state index in [1.54, 1.807) is 38.4 Å². The van der Waals surface area contributed by atoms with Crippen molar-refractivity contribution in [2.75, 3.05) is 28.3 Å². The van der Waals surface area contributed by atoms with Crippen molar-refractivity contribution in [3.8, 4) is 11.8 Å². The summed E-state index contributed by atoms with van der Waals surface area (Å²) in [5.41, 5.74) is 6.54. The quantitative estimate of drug-likeness (QED) is 0.639. The summed E-state index contributed by atoms with van der Waals surface area (Å²) in [6.45, 7) is 0. The van der Waals surface area contributed by atoms with E-state index in [0.717, 1.165) is 22.0 Å². The molecule has 1 aromatic heterocycles. The minimum Gasteiger partial charge on any atom is -0.497 e. The molecule has 0 aliphatic carbocycles. The molecule has 2 heterocycles. The predicted octanol–water partition coefficient (Wildman–Crippen LogP) is -0.441. The number of fused-ring (bicyclic) bond motifs is 1. The van der Waals surface area contributed by atoms with E-state index in [1.807, 2.05) is 0 Å². The van der Waals surface area contributed by atoms with Gasteiger partial charge < -0.3 is 20.1 Å². The molecule has 1 atom stereocenters. The summed E-state index contributed by atoms with van der Waals surface area (Å²) in [5.74, 6) is -1.38. The second kappa shape index (κ2) is 8.49. The van der Waals surface area contributed by atoms with Crippen molar-refractivity contribution in [3.63, 3.8) is 0 Å². The summed E-state index contributed by atoms with van der Waals surface area (Å²) in [5, 5.41) is 9.89. The molecule has 0 saturated carbocycles. The van der Waals surface area contributed by atoms with Crippen LogP contribution in [-0.2, 0) is 14.3 Å². The summed E-state index contributed by atoms with van der Waals surface area (Å²) in [6, 6.07) is 8.96. The number of hydrogen-bond acceptors (Lipinski definition) is 8. The van der Waals surface area contributed by atoms with Crippen LogP contribution in [0.1, 0.15) is 11.5 Å². The average molecular weight is 440 g/mol. The van der Waals surface area contributed by atoms with Crippen molar-refractivity contribution in [2.24, 2.45) is 5.73 Å². The molecular weight excluding hydrogens is 420 g/mol. The maximum absolute atomic E-state index is 13.2. The van der Waals surface area contributed by atoms with Crippen molar-refractivity contribution in [2.45, 2.75) is 5.92 Å². The monoisotopic (exact) mass is 440 g/mol. The molecule has 0 fully saturated rings. The second-order valence-corrected chi connectivity index (χ2v) is 7.84. The van der Waals surface area contributed by atoms with Crippen LogP contribution in [0.2, 0.25) is 0 Å². The summed E-state index contributed by atoms with van der Waals surface area (Å²) in [4.78, 5) is 39.2. The maximum Gasteiger partial charge on any atom is 0.332 e. The van der Waals surface area contributed by atoms with Gasteiger partial charge in [-0.1, -0.05) is 12.1 Å². The van der Waals surface area contributed by atoms with Gasteiger partial charge in [-0.25, -0.2) is 4.79 Å². The van der Waals surface area contributed by atoms with Gasteiger partial charge in [0.1, 0.15) is 20.8 Å². The lowest BCUT2D eigenvalue weighted by atomic mass is 9.83. The number of esters is 1. The lowest BCUT2D eigenvalue weighted by molar-refractivity contribution is -0.133. The molecule has 31 heavy (non-hydrogen) atoms. The molecule has 3 rings (SSSR count). The summed E-state index contributed by atoms with van der Waals surface area (Å²) < 4.78 is 11.2. The number of carbonyl (C=O) groups is 2. The third-order valence-electron chi connectivity index (χ3n) is 4.80. The molecule has 2 aromatic rings. The Bertz CT molecular complexity index is 1310. The highest BCUT2D eigenvalue weighted by molar-refractivity contribution is 7.07. The lowest BCUT2D eigenvalue weighted by Crippen LogP contribution is -2.41. The Balaban J connectivity index is 2.46. The van der Waals surface area contributed by atoms with Crippen LogP contribution >= 0.6 is 11.3 Å². The zero-order chi connectivity index (χ0) is 22.9. The Morgan fingerprint density at radius 2 is 1.90 bits per heavy atom. The molecule has 10 heteroatoms. The van der Waals surface area contributed by atoms with E-state index < -0.39 is 17.4 Å². The van der Waals surface area contributed by atoms with Crippen molar-refractivity contribution in [1.29, 1.82) is 5.26 Å². The molecule has 160 valence electrons. The van der Waals surface area contributed by atoms with Crippen molar-refractivity contribution in [3.05, 3.63) is 55.0 Å². The topological polar surface area (TPSA) is 128 Å². The van der Waals surface area contributed by atoms with E-state index in [9.17, 15) is 19.6 Å². The van der Waals surface area contributed by atoms with Crippen LogP contribution in [0, 0.1) is 11.3 Å². The molecule has 2 N–H and O–H groups in total. The van der Waals surface area contributed by atoms with Crippen LogP contribution in [0.15, 0.2) is 34.6 Å². The van der Waals surface area contributed by atoms with E-state index in [2.05, 4.69) is 10.8 Å². The van der Waals surface area contributed by atoms with Gasteiger partial charge >= 0.3 is 5.97 Å². The van der Waals surface area contributed by atoms with Gasteiger partial charge in [0.2, 0.25) is 0 Å². The highest BCUT2D eigenvalue weighted by Crippen LogP contribution is 2.37. The fourth-order valence-corrected chi connectivity index (χ4v) is 4.42. The fourth-order valence-electron chi connectivity index (χ4n) is 3.29. The molecular formula is C21H20N4O5S. The first-order chi connectivity index (χ1) is 14.7. The third kappa shape index (κ3) is 3.71. The number of methoxy groups -OCH3 is 2. The Labute approximate surface area is 181 Å². The van der Waals surface area contributed by atoms with E-state index in [-0.39, 0.29) is 32.1 Å². The molecule has 0 radical (unpaired) electrons. The Kier molecular flexibility index (Phi) is 5.99. The lowest BCUT2D eigenvalue weighted by Gasteiger charge is -2.27. The van der Waals surface area contributed by atoms with Crippen LogP contribution in [0.25, 0.3) is 17.5 Å². The van der Waals surface area contributed by atoms with Gasteiger partial charge in [0, 0.05) is 20.2 Å². The van der Waals surface area contributed by atoms with E-state index in [4.69, 9.17) is 10.5 Å². The number of thiazole rings is 1. The van der Waals surface area contributed by atoms with Gasteiger partial charge in [-0.3, -0.25) is 14.2 Å². The number of benzene rings is 1. The standard InChI is InChI=1S/C21H20N4O5S/c1-24(2)20(28)17-16(11-5-7-12(29-3)8-6-11)13(10-22)18(23)25-19(27)14(31-21(17)25)9-15(26)30-4/h5-9,16H,23H2,1-4H3. The molecule has 1 unspecified atom stereocenters. The van der Waals surface area contributed by atoms with Crippen LogP contribution in [0.3, 0.4) is 0 Å². The first-order valence-corrected chi connectivity index (χ1v) is 9.88. The zero-order valence-corrected chi connectivity index (χ0v) is 18.1. The van der Waals surface area contributed by atoms with E-state index >= 15 is 0 Å². The molecule has 1 amide bonds. The number of hydrogen-bond donors (Lipinski definition) is 1. The molecule has 1 aliphatic rings. The normalized spacial score (nSPS) is 15.9. The largest absolute Gasteiger partial charge is 0.497 e. The van der Waals surface area contributed by atoms with Crippen LogP contribution in [0.5, 0.6) is 5.75 Å². The first-order valence-electron chi connectivity index (χ1n) is 9.06. The molecule has 9 nitrogen and oxygen atoms in total. The SMILES string of the molecule is COC(=O)C=c1sc2n(c1=O)C(N)=C(C#N)C(c1ccc(OC)cc1)C=2C(=O)N(C)C. The number of aromatic nitrogens is 1. The minimum absolute atomic E-state index is 0.0431. The number of nitriles is 1. The molecule has 0 spiro atoms. The number of rotatable bonds is 4. The second-order valence-electron chi connectivity index (χ2n) is 6.81. The first kappa shape index (κ1) is 21.9. The van der Waals surface area contributed by atoms with Crippen molar-refractivity contribution < 1.29 is 19.1 Å². The van der Waals surface area contributed by atoms with Gasteiger partial charge in [-0.05, 0) is 17.7 Å². The number of allylic oxidation sites excluding steroid dienone is 1. The van der Waals surface area contributed by atoms with Gasteiger partial charge in [0.05, 0.1) is 37.4 Å². The van der Waals surface area contributed by atoms with Crippen LogP contribution in [-0.4, -0.2) is 49.7 Å². The Hall–Kier alpha value is -3.84. The molecule has 1 aromatic carbocycles. The van der Waals surface area contributed by atoms with E-state index in [0.29, 0.717) is 11.3 Å². The average Bonchev–Trinajstić information content (AvgIpc) is 3.08. The number of amides is 1. The highest BCUT2D eigenvalue weighted by atomic mass is 32.1. The number of nitrogens with zero attached hydrogens (tertiary/aromatic N) is 3. The number of ether oxygens (including phenoxy) is 2. The van der Waals surface area contributed by atoms with Crippen molar-refractivity contribution >= 4 is 40.7 Å². The highest BCUT2D eigenvalue weighted by Gasteiger charge is 2.36. The predicted molar refractivity (Wildman–Crippen MR) is 115 cm³/mol. The number of carbonyl (C=O) groups excluding carboxylic acids is 2. The van der Waals surface area contributed by atoms with Crippen molar-refractivity contribution in [1.82, 2.24) is 9.47 Å². The van der Waals surface area contributed by atoms with E-state index in [1.165, 1.54) is 19.1 Å². The van der Waals surface area contributed by atoms with Gasteiger partial charge in [-0.15, -0.1) is 11.3 Å². The summed E-state index contributed by atoms with van der Waals surface area (Å²) in [7, 11) is 5.88. The smallest absolute Gasteiger partial charge is 0.332 e. The zero-order valence-electron chi connectivity index (χ0n) is 17.3. The van der Waals surface area contributed by atoms with Crippen LogP contribution < -0.4 is 25.2 Å². The van der Waals surface area contributed by atoms with Gasteiger partial charge in [0.15, 0.2) is 0 Å². The maximum atomic E-state index is 13.2. The molecule has 1 aliphatic heterocycles. The summed E-state index contributed by atoms with van der Waals surface area (Å²) in [6.07, 6.45) is 1.04. The Morgan fingerprint density at radius 3 is 2.42 bits per heavy atom. The molecule has 0 saturated heterocycles. The third-order valence-corrected chi connectivity index (χ3v) is 5.91. The van der Waals surface area contributed by atoms with Crippen LogP contribution in [0.4, 0.5) is 0 Å². The fraction of sp³-hybridized carbons (Fsp3) is 0.238. The molecule has 0 bridgehead atoms. The summed E-state index contributed by atoms with van der Waals surface area (Å²) >= 11 is 0.943. The minimum atomic E-state index is -0.796. The number of nitrogens with two attached hydrogens (primary N) is 1. The van der Waals surface area contributed by atoms with Gasteiger partial charge in [-0.2, -0.15) is 5.26 Å². The Morgan fingerprint density at radius 1 is 1.26 bits per heavy atom. The van der Waals surface area contributed by atoms with Gasteiger partial charge in [0.25, 0.3) is 11.5 Å².